The van der Waals surface area contributed by atoms with Crippen molar-refractivity contribution in [3.05, 3.63) is 34.7 Å². The topological polar surface area (TPSA) is 62.3 Å². The van der Waals surface area contributed by atoms with E-state index in [2.05, 4.69) is 10.3 Å². The van der Waals surface area contributed by atoms with Gasteiger partial charge in [-0.25, -0.2) is 4.98 Å². The molecule has 0 saturated heterocycles. The summed E-state index contributed by atoms with van der Waals surface area (Å²) in [5, 5.41) is 5.64. The van der Waals surface area contributed by atoms with E-state index in [9.17, 15) is 9.59 Å². The summed E-state index contributed by atoms with van der Waals surface area (Å²) in [6, 6.07) is 7.60. The summed E-state index contributed by atoms with van der Waals surface area (Å²) in [5.41, 5.74) is 2.60. The Bertz CT molecular complexity index is 705. The van der Waals surface area contributed by atoms with Crippen molar-refractivity contribution in [3.8, 4) is 11.3 Å². The smallest absolute Gasteiger partial charge is 0.228 e. The molecule has 0 unspecified atom stereocenters. The highest BCUT2D eigenvalue weighted by Crippen LogP contribution is 2.24. The lowest BCUT2D eigenvalue weighted by Crippen LogP contribution is -2.23. The lowest BCUT2D eigenvalue weighted by molar-refractivity contribution is -0.128. The van der Waals surface area contributed by atoms with Crippen molar-refractivity contribution in [1.82, 2.24) is 9.88 Å². The molecule has 0 atom stereocenters. The minimum absolute atomic E-state index is 0.0240. The fraction of sp³-hybridized carbons (Fsp3) is 0.389. The Kier molecular flexibility index (Phi) is 6.09. The molecule has 2 rings (SSSR count). The van der Waals surface area contributed by atoms with E-state index in [-0.39, 0.29) is 11.8 Å². The molecular formula is C18H23N3O2S. The number of carbonyl (C=O) groups excluding carboxylic acids is 2. The summed E-state index contributed by atoms with van der Waals surface area (Å²) >= 11 is 1.48. The van der Waals surface area contributed by atoms with Gasteiger partial charge in [-0.05, 0) is 18.1 Å². The Morgan fingerprint density at radius 3 is 2.46 bits per heavy atom. The van der Waals surface area contributed by atoms with Gasteiger partial charge < -0.3 is 10.2 Å². The summed E-state index contributed by atoms with van der Waals surface area (Å²) in [6.07, 6.45) is 0.831. The molecule has 0 spiro atoms. The van der Waals surface area contributed by atoms with E-state index in [1.807, 2.05) is 43.5 Å². The number of aromatic nitrogens is 1. The summed E-state index contributed by atoms with van der Waals surface area (Å²) in [7, 11) is 3.48. The predicted octanol–water partition coefficient (Wildman–Crippen LogP) is 3.43. The first kappa shape index (κ1) is 18.1. The summed E-state index contributed by atoms with van der Waals surface area (Å²) in [4.78, 5) is 29.6. The number of carbonyl (C=O) groups is 2. The molecule has 0 aliphatic rings. The SMILES string of the molecule is CC(C)CC(=O)Nc1ccc(-c2csc(CC(=O)N(C)C)n2)cc1. The highest BCUT2D eigenvalue weighted by molar-refractivity contribution is 7.10. The van der Waals surface area contributed by atoms with Gasteiger partial charge in [0.05, 0.1) is 12.1 Å². The van der Waals surface area contributed by atoms with Crippen molar-refractivity contribution in [2.24, 2.45) is 5.92 Å². The molecule has 2 aromatic rings. The Hall–Kier alpha value is -2.21. The number of hydrogen-bond acceptors (Lipinski definition) is 4. The molecule has 0 aliphatic carbocycles. The fourth-order valence-corrected chi connectivity index (χ4v) is 2.91. The van der Waals surface area contributed by atoms with Crippen LogP contribution < -0.4 is 5.32 Å². The van der Waals surface area contributed by atoms with Crippen molar-refractivity contribution in [2.75, 3.05) is 19.4 Å². The van der Waals surface area contributed by atoms with Crippen LogP contribution in [-0.4, -0.2) is 35.8 Å². The summed E-state index contributed by atoms with van der Waals surface area (Å²) in [5.74, 6) is 0.401. The van der Waals surface area contributed by atoms with Crippen LogP contribution in [0.2, 0.25) is 0 Å². The van der Waals surface area contributed by atoms with Gasteiger partial charge in [0, 0.05) is 37.1 Å². The van der Waals surface area contributed by atoms with Crippen LogP contribution in [-0.2, 0) is 16.0 Å². The van der Waals surface area contributed by atoms with Crippen molar-refractivity contribution < 1.29 is 9.59 Å². The third kappa shape index (κ3) is 5.16. The highest BCUT2D eigenvalue weighted by Gasteiger charge is 2.11. The van der Waals surface area contributed by atoms with Crippen molar-refractivity contribution in [1.29, 1.82) is 0 Å². The average molecular weight is 345 g/mol. The molecule has 128 valence electrons. The number of nitrogens with one attached hydrogen (secondary N) is 1. The van der Waals surface area contributed by atoms with Gasteiger partial charge in [0.25, 0.3) is 0 Å². The monoisotopic (exact) mass is 345 g/mol. The van der Waals surface area contributed by atoms with Crippen LogP contribution in [0, 0.1) is 5.92 Å². The minimum Gasteiger partial charge on any atom is -0.348 e. The third-order valence-corrected chi connectivity index (χ3v) is 4.26. The number of hydrogen-bond donors (Lipinski definition) is 1. The van der Waals surface area contributed by atoms with Crippen LogP contribution >= 0.6 is 11.3 Å². The molecular weight excluding hydrogens is 322 g/mol. The maximum atomic E-state index is 11.8. The van der Waals surface area contributed by atoms with Gasteiger partial charge >= 0.3 is 0 Å². The number of amides is 2. The second-order valence-electron chi connectivity index (χ2n) is 6.31. The second-order valence-corrected chi connectivity index (χ2v) is 7.26. The average Bonchev–Trinajstić information content (AvgIpc) is 2.95. The lowest BCUT2D eigenvalue weighted by atomic mass is 10.1. The van der Waals surface area contributed by atoms with Gasteiger partial charge in [0.15, 0.2) is 0 Å². The van der Waals surface area contributed by atoms with E-state index < -0.39 is 0 Å². The first-order valence-corrected chi connectivity index (χ1v) is 8.78. The molecule has 0 saturated carbocycles. The number of benzene rings is 1. The molecule has 6 heteroatoms. The Balaban J connectivity index is 2.02. The standard InChI is InChI=1S/C18H23N3O2S/c1-12(2)9-16(22)19-14-7-5-13(6-8-14)15-11-24-17(20-15)10-18(23)21(3)4/h5-8,11-12H,9-10H2,1-4H3,(H,19,22). The molecule has 0 radical (unpaired) electrons. The maximum absolute atomic E-state index is 11.8. The Morgan fingerprint density at radius 2 is 1.88 bits per heavy atom. The van der Waals surface area contributed by atoms with Gasteiger partial charge in [0.2, 0.25) is 11.8 Å². The highest BCUT2D eigenvalue weighted by atomic mass is 32.1. The molecule has 1 aromatic heterocycles. The molecule has 0 fully saturated rings. The van der Waals surface area contributed by atoms with E-state index in [4.69, 9.17) is 0 Å². The molecule has 2 amide bonds. The van der Waals surface area contributed by atoms with Crippen LogP contribution in [0.3, 0.4) is 0 Å². The largest absolute Gasteiger partial charge is 0.348 e. The number of anilines is 1. The quantitative estimate of drug-likeness (QED) is 0.872. The van der Waals surface area contributed by atoms with Crippen molar-refractivity contribution in [2.45, 2.75) is 26.7 Å². The number of nitrogens with zero attached hydrogens (tertiary/aromatic N) is 2. The van der Waals surface area contributed by atoms with Crippen molar-refractivity contribution >= 4 is 28.8 Å². The summed E-state index contributed by atoms with van der Waals surface area (Å²) in [6.45, 7) is 4.03. The van der Waals surface area contributed by atoms with Gasteiger partial charge in [-0.1, -0.05) is 26.0 Å². The van der Waals surface area contributed by atoms with Gasteiger partial charge in [-0.15, -0.1) is 11.3 Å². The molecule has 1 heterocycles. The normalized spacial score (nSPS) is 10.7. The van der Waals surface area contributed by atoms with Crippen LogP contribution in [0.4, 0.5) is 5.69 Å². The Labute approximate surface area is 146 Å². The zero-order chi connectivity index (χ0) is 17.7. The van der Waals surface area contributed by atoms with Crippen LogP contribution in [0.5, 0.6) is 0 Å². The van der Waals surface area contributed by atoms with E-state index >= 15 is 0 Å². The predicted molar refractivity (Wildman–Crippen MR) is 98.0 cm³/mol. The van der Waals surface area contributed by atoms with Gasteiger partial charge in [-0.2, -0.15) is 0 Å². The van der Waals surface area contributed by atoms with Crippen LogP contribution in [0.15, 0.2) is 29.6 Å². The van der Waals surface area contributed by atoms with E-state index in [0.29, 0.717) is 18.8 Å². The first-order valence-electron chi connectivity index (χ1n) is 7.90. The van der Waals surface area contributed by atoms with Crippen LogP contribution in [0.25, 0.3) is 11.3 Å². The molecule has 1 N–H and O–H groups in total. The van der Waals surface area contributed by atoms with E-state index in [1.54, 1.807) is 19.0 Å². The molecule has 0 bridgehead atoms. The third-order valence-electron chi connectivity index (χ3n) is 3.41. The fourth-order valence-electron chi connectivity index (χ4n) is 2.12. The number of thiazole rings is 1. The summed E-state index contributed by atoms with van der Waals surface area (Å²) < 4.78 is 0. The number of likely N-dealkylation sites (N-methyl/N-ethyl adjacent to an activating group) is 1. The van der Waals surface area contributed by atoms with Crippen molar-refractivity contribution in [3.63, 3.8) is 0 Å². The van der Waals surface area contributed by atoms with Gasteiger partial charge in [-0.3, -0.25) is 9.59 Å². The minimum atomic E-state index is 0.0240. The maximum Gasteiger partial charge on any atom is 0.228 e. The Morgan fingerprint density at radius 1 is 1.21 bits per heavy atom. The molecule has 1 aromatic carbocycles. The van der Waals surface area contributed by atoms with E-state index in [0.717, 1.165) is 22.0 Å². The molecule has 5 nitrogen and oxygen atoms in total. The zero-order valence-corrected chi connectivity index (χ0v) is 15.3. The van der Waals surface area contributed by atoms with E-state index in [1.165, 1.54) is 11.3 Å². The second kappa shape index (κ2) is 8.06. The first-order chi connectivity index (χ1) is 11.3. The van der Waals surface area contributed by atoms with Gasteiger partial charge in [0.1, 0.15) is 5.01 Å². The number of rotatable bonds is 6. The van der Waals surface area contributed by atoms with Crippen LogP contribution in [0.1, 0.15) is 25.3 Å². The molecule has 0 aliphatic heterocycles. The lowest BCUT2D eigenvalue weighted by Gasteiger charge is -2.08. The molecule has 24 heavy (non-hydrogen) atoms. The zero-order valence-electron chi connectivity index (χ0n) is 14.5.